The van der Waals surface area contributed by atoms with E-state index in [-0.39, 0.29) is 0 Å². The van der Waals surface area contributed by atoms with Crippen LogP contribution < -0.4 is 9.47 Å². The summed E-state index contributed by atoms with van der Waals surface area (Å²) in [7, 11) is 1.82. The van der Waals surface area contributed by atoms with Crippen LogP contribution in [0.1, 0.15) is 0 Å². The van der Waals surface area contributed by atoms with Gasteiger partial charge in [0, 0.05) is 0 Å². The van der Waals surface area contributed by atoms with E-state index < -0.39 is 69.3 Å². The summed E-state index contributed by atoms with van der Waals surface area (Å²) in [5, 5.41) is 6.79. The molecule has 1 aromatic heterocycles. The van der Waals surface area contributed by atoms with Crippen LogP contribution in [0.4, 0.5) is 26.3 Å². The smallest absolute Gasteiger partial charge is 0.251 e. The van der Waals surface area contributed by atoms with E-state index in [1.54, 1.807) is 0 Å². The first-order valence-corrected chi connectivity index (χ1v) is 7.07. The molecule has 5 nitrogen and oxygen atoms in total. The SMILES string of the molecule is COc1c(F)c(F)cc(-c2nnc(-c3cc(F)c(F)c(OC)c3F)o2)c1F. The highest BCUT2D eigenvalue weighted by molar-refractivity contribution is 5.62. The Balaban J connectivity index is 2.15. The molecule has 2 aromatic carbocycles. The first kappa shape index (κ1) is 18.5. The molecule has 27 heavy (non-hydrogen) atoms. The maximum Gasteiger partial charge on any atom is 0.251 e. The molecule has 3 rings (SSSR count). The molecule has 0 bridgehead atoms. The molecule has 0 aliphatic rings. The first-order chi connectivity index (χ1) is 12.8. The number of ether oxygens (including phenoxy) is 2. The van der Waals surface area contributed by atoms with Crippen molar-refractivity contribution in [1.29, 1.82) is 0 Å². The van der Waals surface area contributed by atoms with Crippen molar-refractivity contribution >= 4 is 0 Å². The second kappa shape index (κ2) is 6.82. The van der Waals surface area contributed by atoms with Gasteiger partial charge in [0.2, 0.25) is 11.6 Å². The van der Waals surface area contributed by atoms with Crippen molar-refractivity contribution in [3.8, 4) is 34.4 Å². The van der Waals surface area contributed by atoms with Crippen LogP contribution in [0.5, 0.6) is 11.5 Å². The van der Waals surface area contributed by atoms with Crippen molar-refractivity contribution in [1.82, 2.24) is 10.2 Å². The van der Waals surface area contributed by atoms with Gasteiger partial charge in [-0.3, -0.25) is 0 Å². The summed E-state index contributed by atoms with van der Waals surface area (Å²) in [6.45, 7) is 0. The second-order valence-corrected chi connectivity index (χ2v) is 5.05. The van der Waals surface area contributed by atoms with E-state index in [0.717, 1.165) is 14.2 Å². The molecular formula is C16H8F6N2O3. The molecule has 0 saturated heterocycles. The zero-order chi connectivity index (χ0) is 19.9. The van der Waals surface area contributed by atoms with E-state index in [1.165, 1.54) is 0 Å². The number of hydrogen-bond acceptors (Lipinski definition) is 5. The van der Waals surface area contributed by atoms with Crippen LogP contribution in [-0.2, 0) is 0 Å². The van der Waals surface area contributed by atoms with E-state index in [0.29, 0.717) is 12.1 Å². The highest BCUT2D eigenvalue weighted by Gasteiger charge is 2.27. The zero-order valence-electron chi connectivity index (χ0n) is 13.5. The lowest BCUT2D eigenvalue weighted by Gasteiger charge is -2.07. The van der Waals surface area contributed by atoms with Gasteiger partial charge >= 0.3 is 0 Å². The Morgan fingerprint density at radius 1 is 0.667 bits per heavy atom. The third-order valence-corrected chi connectivity index (χ3v) is 3.53. The molecule has 0 aliphatic heterocycles. The second-order valence-electron chi connectivity index (χ2n) is 5.05. The summed E-state index contributed by atoms with van der Waals surface area (Å²) in [6, 6.07) is 0.847. The van der Waals surface area contributed by atoms with Crippen molar-refractivity contribution in [2.24, 2.45) is 0 Å². The van der Waals surface area contributed by atoms with Gasteiger partial charge in [-0.2, -0.15) is 8.78 Å². The van der Waals surface area contributed by atoms with Gasteiger partial charge in [-0.25, -0.2) is 17.6 Å². The molecule has 0 aliphatic carbocycles. The molecule has 0 fully saturated rings. The van der Waals surface area contributed by atoms with Crippen molar-refractivity contribution in [3.63, 3.8) is 0 Å². The Hall–Kier alpha value is -3.24. The Bertz CT molecular complexity index is 958. The Morgan fingerprint density at radius 3 is 1.37 bits per heavy atom. The molecule has 0 spiro atoms. The molecule has 1 heterocycles. The number of halogens is 6. The fourth-order valence-electron chi connectivity index (χ4n) is 2.27. The maximum atomic E-state index is 14.3. The minimum absolute atomic E-state index is 0.423. The van der Waals surface area contributed by atoms with Gasteiger partial charge < -0.3 is 13.9 Å². The zero-order valence-corrected chi connectivity index (χ0v) is 13.5. The molecule has 0 N–H and O–H groups in total. The molecule has 0 radical (unpaired) electrons. The number of aromatic nitrogens is 2. The first-order valence-electron chi connectivity index (χ1n) is 7.07. The van der Waals surface area contributed by atoms with Crippen LogP contribution in [-0.4, -0.2) is 24.4 Å². The Morgan fingerprint density at radius 2 is 1.04 bits per heavy atom. The molecule has 0 amide bonds. The van der Waals surface area contributed by atoms with Gasteiger partial charge in [0.15, 0.2) is 34.8 Å². The van der Waals surface area contributed by atoms with Gasteiger partial charge in [-0.1, -0.05) is 0 Å². The summed E-state index contributed by atoms with van der Waals surface area (Å²) in [4.78, 5) is 0. The molecule has 0 unspecified atom stereocenters. The highest BCUT2D eigenvalue weighted by Crippen LogP contribution is 2.36. The minimum Gasteiger partial charge on any atom is -0.491 e. The number of rotatable bonds is 4. The van der Waals surface area contributed by atoms with Gasteiger partial charge in [0.1, 0.15) is 0 Å². The quantitative estimate of drug-likeness (QED) is 0.492. The van der Waals surface area contributed by atoms with E-state index in [2.05, 4.69) is 19.7 Å². The summed E-state index contributed by atoms with van der Waals surface area (Å²) in [5.41, 5.74) is -1.36. The van der Waals surface area contributed by atoms with E-state index in [1.807, 2.05) is 0 Å². The number of hydrogen-bond donors (Lipinski definition) is 0. The fourth-order valence-corrected chi connectivity index (χ4v) is 2.27. The lowest BCUT2D eigenvalue weighted by molar-refractivity contribution is 0.346. The van der Waals surface area contributed by atoms with Crippen LogP contribution in [0.25, 0.3) is 22.9 Å². The third kappa shape index (κ3) is 2.94. The largest absolute Gasteiger partial charge is 0.491 e. The number of methoxy groups -OCH3 is 2. The van der Waals surface area contributed by atoms with Gasteiger partial charge in [-0.15, -0.1) is 10.2 Å². The van der Waals surface area contributed by atoms with Crippen LogP contribution in [0.15, 0.2) is 16.5 Å². The lowest BCUT2D eigenvalue weighted by atomic mass is 10.1. The minimum atomic E-state index is -1.57. The third-order valence-electron chi connectivity index (χ3n) is 3.53. The lowest BCUT2D eigenvalue weighted by Crippen LogP contribution is -1.99. The summed E-state index contributed by atoms with van der Waals surface area (Å²) < 4.78 is 96.6. The number of benzene rings is 2. The molecule has 11 heteroatoms. The van der Waals surface area contributed by atoms with Crippen molar-refractivity contribution in [2.75, 3.05) is 14.2 Å². The van der Waals surface area contributed by atoms with Crippen LogP contribution in [0.3, 0.4) is 0 Å². The summed E-state index contributed by atoms with van der Waals surface area (Å²) in [5.74, 6) is -12.2. The molecule has 0 saturated carbocycles. The topological polar surface area (TPSA) is 57.4 Å². The monoisotopic (exact) mass is 390 g/mol. The molecule has 142 valence electrons. The fraction of sp³-hybridized carbons (Fsp3) is 0.125. The van der Waals surface area contributed by atoms with E-state index in [9.17, 15) is 26.3 Å². The summed E-state index contributed by atoms with van der Waals surface area (Å²) >= 11 is 0. The average Bonchev–Trinajstić information content (AvgIpc) is 3.12. The molecule has 0 atom stereocenters. The van der Waals surface area contributed by atoms with Crippen molar-refractivity contribution in [3.05, 3.63) is 47.0 Å². The van der Waals surface area contributed by atoms with Crippen molar-refractivity contribution in [2.45, 2.75) is 0 Å². The molecular weight excluding hydrogens is 382 g/mol. The predicted molar refractivity (Wildman–Crippen MR) is 78.0 cm³/mol. The van der Waals surface area contributed by atoms with Crippen molar-refractivity contribution < 1.29 is 40.2 Å². The Kier molecular flexibility index (Phi) is 4.68. The standard InChI is InChI=1S/C16H8F6N2O3/c1-25-13-9(19)5(3-7(17)11(13)21)15-23-24-16(27-15)6-4-8(18)12(22)14(26-2)10(6)20/h3-4H,1-2H3. The number of nitrogens with zero attached hydrogens (tertiary/aromatic N) is 2. The van der Waals surface area contributed by atoms with E-state index in [4.69, 9.17) is 4.42 Å². The average molecular weight is 390 g/mol. The van der Waals surface area contributed by atoms with Crippen LogP contribution >= 0.6 is 0 Å². The van der Waals surface area contributed by atoms with Crippen LogP contribution in [0, 0.1) is 34.9 Å². The van der Waals surface area contributed by atoms with E-state index >= 15 is 0 Å². The maximum absolute atomic E-state index is 14.3. The summed E-state index contributed by atoms with van der Waals surface area (Å²) in [6.07, 6.45) is 0. The molecule has 3 aromatic rings. The normalized spacial score (nSPS) is 11.0. The predicted octanol–water partition coefficient (Wildman–Crippen LogP) is 4.26. The van der Waals surface area contributed by atoms with Gasteiger partial charge in [-0.05, 0) is 12.1 Å². The van der Waals surface area contributed by atoms with Gasteiger partial charge in [0.05, 0.1) is 25.3 Å². The highest BCUT2D eigenvalue weighted by atomic mass is 19.2. The van der Waals surface area contributed by atoms with Gasteiger partial charge in [0.25, 0.3) is 11.8 Å². The Labute approximate surface area is 147 Å². The van der Waals surface area contributed by atoms with Crippen LogP contribution in [0.2, 0.25) is 0 Å².